The van der Waals surface area contributed by atoms with Gasteiger partial charge >= 0.3 is 0 Å². The van der Waals surface area contributed by atoms with Crippen molar-refractivity contribution in [2.24, 2.45) is 0 Å². The van der Waals surface area contributed by atoms with Gasteiger partial charge in [0.2, 0.25) is 5.91 Å². The number of furan rings is 1. The molecule has 29 heavy (non-hydrogen) atoms. The number of amides is 1. The van der Waals surface area contributed by atoms with Crippen LogP contribution in [0.4, 0.5) is 10.1 Å². The Morgan fingerprint density at radius 3 is 2.52 bits per heavy atom. The average molecular weight is 409 g/mol. The van der Waals surface area contributed by atoms with Crippen LogP contribution in [0.1, 0.15) is 16.6 Å². The van der Waals surface area contributed by atoms with Gasteiger partial charge in [-0.2, -0.15) is 0 Å². The average Bonchev–Trinajstić information content (AvgIpc) is 3.37. The first-order valence-corrected chi connectivity index (χ1v) is 9.64. The highest BCUT2D eigenvalue weighted by molar-refractivity contribution is 8.00. The highest BCUT2D eigenvalue weighted by Gasteiger charge is 2.25. The van der Waals surface area contributed by atoms with Crippen molar-refractivity contribution in [1.29, 1.82) is 0 Å². The number of nitrogens with one attached hydrogen (secondary N) is 1. The van der Waals surface area contributed by atoms with Gasteiger partial charge in [0.15, 0.2) is 0 Å². The van der Waals surface area contributed by atoms with E-state index in [4.69, 9.17) is 8.83 Å². The summed E-state index contributed by atoms with van der Waals surface area (Å²) < 4.78 is 24.1. The summed E-state index contributed by atoms with van der Waals surface area (Å²) in [5.41, 5.74) is 1.98. The summed E-state index contributed by atoms with van der Waals surface area (Å²) in [6.45, 7) is 1.80. The molecule has 1 N–H and O–H groups in total. The van der Waals surface area contributed by atoms with Gasteiger partial charge in [-0.05, 0) is 54.6 Å². The van der Waals surface area contributed by atoms with E-state index < -0.39 is 5.25 Å². The fourth-order valence-electron chi connectivity index (χ4n) is 2.72. The molecule has 2 heterocycles. The van der Waals surface area contributed by atoms with E-state index in [-0.39, 0.29) is 16.9 Å². The fourth-order valence-corrected chi connectivity index (χ4v) is 3.59. The summed E-state index contributed by atoms with van der Waals surface area (Å²) in [6.07, 6.45) is 1.55. The van der Waals surface area contributed by atoms with E-state index in [1.165, 1.54) is 24.3 Å². The molecule has 1 atom stereocenters. The zero-order chi connectivity index (χ0) is 20.2. The molecule has 146 valence electrons. The number of aromatic nitrogens is 2. The van der Waals surface area contributed by atoms with Crippen molar-refractivity contribution < 1.29 is 18.0 Å². The number of carbonyl (C=O) groups excluding carboxylic acids is 1. The highest BCUT2D eigenvalue weighted by Crippen LogP contribution is 2.37. The SMILES string of the molecule is Cc1occc1-c1nnc(S[C@H](C(=O)Nc2ccc(F)cc2)c2ccccc2)o1. The Morgan fingerprint density at radius 1 is 1.07 bits per heavy atom. The molecule has 0 aliphatic rings. The molecule has 4 rings (SSSR count). The molecule has 0 fully saturated rings. The monoisotopic (exact) mass is 409 g/mol. The Morgan fingerprint density at radius 2 is 1.83 bits per heavy atom. The smallest absolute Gasteiger partial charge is 0.277 e. The van der Waals surface area contributed by atoms with Crippen LogP contribution in [0.25, 0.3) is 11.5 Å². The fraction of sp³-hybridized carbons (Fsp3) is 0.0952. The summed E-state index contributed by atoms with van der Waals surface area (Å²) in [7, 11) is 0. The maximum atomic E-state index is 13.1. The number of nitrogens with zero attached hydrogens (tertiary/aromatic N) is 2. The number of anilines is 1. The minimum absolute atomic E-state index is 0.253. The number of hydrogen-bond donors (Lipinski definition) is 1. The van der Waals surface area contributed by atoms with E-state index in [1.54, 1.807) is 19.3 Å². The van der Waals surface area contributed by atoms with Crippen LogP contribution in [0, 0.1) is 12.7 Å². The molecule has 1 amide bonds. The minimum atomic E-state index is -0.639. The molecule has 0 saturated heterocycles. The molecule has 0 aliphatic carbocycles. The second-order valence-electron chi connectivity index (χ2n) is 6.17. The number of benzene rings is 2. The summed E-state index contributed by atoms with van der Waals surface area (Å²) in [5.74, 6) is 0.334. The maximum absolute atomic E-state index is 13.1. The summed E-state index contributed by atoms with van der Waals surface area (Å²) in [5, 5.41) is 10.5. The molecule has 2 aromatic carbocycles. The number of rotatable bonds is 6. The third-order valence-electron chi connectivity index (χ3n) is 4.17. The van der Waals surface area contributed by atoms with E-state index in [9.17, 15) is 9.18 Å². The molecular weight excluding hydrogens is 393 g/mol. The molecule has 0 saturated carbocycles. The van der Waals surface area contributed by atoms with E-state index in [0.717, 1.165) is 17.3 Å². The highest BCUT2D eigenvalue weighted by atomic mass is 32.2. The van der Waals surface area contributed by atoms with E-state index >= 15 is 0 Å². The molecular formula is C21H16FN3O3S. The Balaban J connectivity index is 1.58. The van der Waals surface area contributed by atoms with Gasteiger partial charge in [0.25, 0.3) is 11.1 Å². The lowest BCUT2D eigenvalue weighted by Gasteiger charge is -2.15. The molecule has 0 spiro atoms. The van der Waals surface area contributed by atoms with Gasteiger partial charge in [-0.1, -0.05) is 30.3 Å². The van der Waals surface area contributed by atoms with Crippen molar-refractivity contribution in [3.8, 4) is 11.5 Å². The van der Waals surface area contributed by atoms with Gasteiger partial charge < -0.3 is 14.2 Å². The Kier molecular flexibility index (Phi) is 5.44. The second kappa shape index (κ2) is 8.32. The molecule has 0 bridgehead atoms. The van der Waals surface area contributed by atoms with Gasteiger partial charge in [0.05, 0.1) is 11.8 Å². The van der Waals surface area contributed by atoms with Crippen molar-refractivity contribution in [3.05, 3.63) is 84.1 Å². The predicted octanol–water partition coefficient (Wildman–Crippen LogP) is 5.25. The molecule has 2 aromatic heterocycles. The van der Waals surface area contributed by atoms with Crippen molar-refractivity contribution in [2.45, 2.75) is 17.4 Å². The Labute approximate surface area is 170 Å². The van der Waals surface area contributed by atoms with Crippen LogP contribution in [-0.4, -0.2) is 16.1 Å². The van der Waals surface area contributed by atoms with Crippen LogP contribution >= 0.6 is 11.8 Å². The van der Waals surface area contributed by atoms with Crippen LogP contribution in [0.5, 0.6) is 0 Å². The van der Waals surface area contributed by atoms with Gasteiger partial charge in [0, 0.05) is 5.69 Å². The Bertz CT molecular complexity index is 1110. The summed E-state index contributed by atoms with van der Waals surface area (Å²) in [4.78, 5) is 13.0. The van der Waals surface area contributed by atoms with E-state index in [1.807, 2.05) is 30.3 Å². The van der Waals surface area contributed by atoms with Crippen LogP contribution in [-0.2, 0) is 4.79 Å². The topological polar surface area (TPSA) is 81.2 Å². The van der Waals surface area contributed by atoms with Crippen LogP contribution in [0.15, 0.2) is 81.0 Å². The van der Waals surface area contributed by atoms with Crippen LogP contribution in [0.3, 0.4) is 0 Å². The van der Waals surface area contributed by atoms with Crippen molar-refractivity contribution >= 4 is 23.4 Å². The molecule has 8 heteroatoms. The largest absolute Gasteiger partial charge is 0.469 e. The number of halogens is 1. The molecule has 6 nitrogen and oxygen atoms in total. The van der Waals surface area contributed by atoms with Crippen molar-refractivity contribution in [3.63, 3.8) is 0 Å². The number of aryl methyl sites for hydroxylation is 1. The molecule has 0 radical (unpaired) electrons. The van der Waals surface area contributed by atoms with Gasteiger partial charge in [-0.25, -0.2) is 4.39 Å². The van der Waals surface area contributed by atoms with E-state index in [2.05, 4.69) is 15.5 Å². The van der Waals surface area contributed by atoms with Crippen LogP contribution < -0.4 is 5.32 Å². The standard InChI is InChI=1S/C21H16FN3O3S/c1-13-17(11-12-27-13)20-24-25-21(28-20)29-18(14-5-3-2-4-6-14)19(26)23-16-9-7-15(22)8-10-16/h2-12,18H,1H3,(H,23,26)/t18-/m0/s1. The Hall–Kier alpha value is -3.39. The van der Waals surface area contributed by atoms with Crippen LogP contribution in [0.2, 0.25) is 0 Å². The van der Waals surface area contributed by atoms with Gasteiger partial charge in [0.1, 0.15) is 16.8 Å². The second-order valence-corrected chi connectivity index (χ2v) is 7.22. The maximum Gasteiger partial charge on any atom is 0.277 e. The quantitative estimate of drug-likeness (QED) is 0.438. The number of thioether (sulfide) groups is 1. The zero-order valence-electron chi connectivity index (χ0n) is 15.3. The van der Waals surface area contributed by atoms with Crippen molar-refractivity contribution in [1.82, 2.24) is 10.2 Å². The van der Waals surface area contributed by atoms with Crippen molar-refractivity contribution in [2.75, 3.05) is 5.32 Å². The summed E-state index contributed by atoms with van der Waals surface area (Å²) in [6, 6.07) is 16.6. The van der Waals surface area contributed by atoms with E-state index in [0.29, 0.717) is 22.9 Å². The predicted molar refractivity (Wildman–Crippen MR) is 107 cm³/mol. The van der Waals surface area contributed by atoms with Gasteiger partial charge in [-0.15, -0.1) is 10.2 Å². The molecule has 4 aromatic rings. The molecule has 0 aliphatic heterocycles. The first kappa shape index (κ1) is 18.9. The first-order chi connectivity index (χ1) is 14.1. The normalized spacial score (nSPS) is 11.9. The number of carbonyl (C=O) groups is 1. The third-order valence-corrected chi connectivity index (χ3v) is 5.26. The lowest BCUT2D eigenvalue weighted by molar-refractivity contribution is -0.115. The minimum Gasteiger partial charge on any atom is -0.469 e. The zero-order valence-corrected chi connectivity index (χ0v) is 16.2. The molecule has 0 unspecified atom stereocenters. The third kappa shape index (κ3) is 4.38. The number of hydrogen-bond acceptors (Lipinski definition) is 6. The lowest BCUT2D eigenvalue weighted by atomic mass is 10.1. The van der Waals surface area contributed by atoms with Gasteiger partial charge in [-0.3, -0.25) is 4.79 Å². The first-order valence-electron chi connectivity index (χ1n) is 8.76. The lowest BCUT2D eigenvalue weighted by Crippen LogP contribution is -2.19. The summed E-state index contributed by atoms with van der Waals surface area (Å²) >= 11 is 1.14.